The van der Waals surface area contributed by atoms with Gasteiger partial charge in [0.1, 0.15) is 18.0 Å². The summed E-state index contributed by atoms with van der Waals surface area (Å²) in [4.78, 5) is 11.7. The molecule has 0 unspecified atom stereocenters. The molecule has 130 valence electrons. The number of carbonyl (C=O) groups excluding carboxylic acids is 1. The lowest BCUT2D eigenvalue weighted by Gasteiger charge is -2.20. The molecule has 1 aromatic carbocycles. The van der Waals surface area contributed by atoms with Crippen LogP contribution >= 0.6 is 11.6 Å². The van der Waals surface area contributed by atoms with Crippen LogP contribution in [-0.2, 0) is 16.0 Å². The minimum Gasteiger partial charge on any atom is -0.491 e. The molecular weight excluding hydrogens is 322 g/mol. The Balaban J connectivity index is 2.55. The molecule has 23 heavy (non-hydrogen) atoms. The van der Waals surface area contributed by atoms with E-state index in [2.05, 4.69) is 5.32 Å². The number of nitrogens with one attached hydrogen (secondary N) is 1. The molecule has 1 amide bonds. The topological polar surface area (TPSA) is 77.0 Å². The lowest BCUT2D eigenvalue weighted by Crippen LogP contribution is -2.32. The predicted octanol–water partition coefficient (Wildman–Crippen LogP) is 2.75. The van der Waals surface area contributed by atoms with E-state index in [0.717, 1.165) is 5.56 Å². The number of amides is 1. The van der Waals surface area contributed by atoms with Crippen LogP contribution in [0.4, 0.5) is 4.79 Å². The van der Waals surface area contributed by atoms with Gasteiger partial charge in [-0.05, 0) is 39.0 Å². The zero-order valence-corrected chi connectivity index (χ0v) is 14.5. The summed E-state index contributed by atoms with van der Waals surface area (Å²) in [6.07, 6.45) is -0.505. The van der Waals surface area contributed by atoms with E-state index in [4.69, 9.17) is 30.9 Å². The van der Waals surface area contributed by atoms with E-state index < -0.39 is 11.7 Å². The number of hydrogen-bond donors (Lipinski definition) is 2. The molecule has 7 heteroatoms. The Labute approximate surface area is 141 Å². The third-order valence-corrected chi connectivity index (χ3v) is 2.80. The summed E-state index contributed by atoms with van der Waals surface area (Å²) in [5.41, 5.74) is 0.187. The van der Waals surface area contributed by atoms with Gasteiger partial charge in [-0.25, -0.2) is 4.79 Å². The third kappa shape index (κ3) is 8.64. The predicted molar refractivity (Wildman–Crippen MR) is 87.9 cm³/mol. The average molecular weight is 346 g/mol. The van der Waals surface area contributed by atoms with Gasteiger partial charge in [-0.1, -0.05) is 11.6 Å². The summed E-state index contributed by atoms with van der Waals surface area (Å²) in [6.45, 7) is 6.58. The van der Waals surface area contributed by atoms with Crippen molar-refractivity contribution in [3.63, 3.8) is 0 Å². The second kappa shape index (κ2) is 9.60. The minimum absolute atomic E-state index is 0.0218. The number of ether oxygens (including phenoxy) is 3. The van der Waals surface area contributed by atoms with E-state index >= 15 is 0 Å². The summed E-state index contributed by atoms with van der Waals surface area (Å²) in [6, 6.07) is 5.17. The van der Waals surface area contributed by atoms with Crippen LogP contribution in [-0.4, -0.2) is 43.2 Å². The Morgan fingerprint density at radius 1 is 1.26 bits per heavy atom. The first-order valence-electron chi connectivity index (χ1n) is 7.38. The normalized spacial score (nSPS) is 11.2. The van der Waals surface area contributed by atoms with Crippen LogP contribution in [0.5, 0.6) is 5.75 Å². The molecule has 0 aromatic heterocycles. The van der Waals surface area contributed by atoms with Gasteiger partial charge in [0.15, 0.2) is 0 Å². The smallest absolute Gasteiger partial charge is 0.407 e. The van der Waals surface area contributed by atoms with E-state index in [1.807, 2.05) is 0 Å². The number of aliphatic hydroxyl groups excluding tert-OH is 1. The number of carbonyl (C=O) groups is 1. The van der Waals surface area contributed by atoms with E-state index in [-0.39, 0.29) is 19.8 Å². The first kappa shape index (κ1) is 19.5. The molecule has 0 fully saturated rings. The summed E-state index contributed by atoms with van der Waals surface area (Å²) in [5.74, 6) is 0.609. The summed E-state index contributed by atoms with van der Waals surface area (Å²) >= 11 is 5.99. The number of alkyl carbamates (subject to hydrolysis) is 1. The van der Waals surface area contributed by atoms with Gasteiger partial charge in [-0.3, -0.25) is 0 Å². The van der Waals surface area contributed by atoms with Gasteiger partial charge >= 0.3 is 6.09 Å². The monoisotopic (exact) mass is 345 g/mol. The highest BCUT2D eigenvalue weighted by molar-refractivity contribution is 6.30. The summed E-state index contributed by atoms with van der Waals surface area (Å²) in [5, 5.41) is 11.8. The second-order valence-electron chi connectivity index (χ2n) is 5.79. The van der Waals surface area contributed by atoms with Crippen molar-refractivity contribution < 1.29 is 24.1 Å². The van der Waals surface area contributed by atoms with Crippen molar-refractivity contribution in [1.29, 1.82) is 0 Å². The van der Waals surface area contributed by atoms with E-state index in [1.54, 1.807) is 39.0 Å². The van der Waals surface area contributed by atoms with E-state index in [9.17, 15) is 4.79 Å². The molecule has 0 atom stereocenters. The molecule has 0 radical (unpaired) electrons. The van der Waals surface area contributed by atoms with Crippen molar-refractivity contribution in [1.82, 2.24) is 5.32 Å². The van der Waals surface area contributed by atoms with Gasteiger partial charge in [0.2, 0.25) is 0 Å². The maximum absolute atomic E-state index is 11.7. The molecule has 0 saturated heterocycles. The van der Waals surface area contributed by atoms with Crippen molar-refractivity contribution in [2.75, 3.05) is 26.4 Å². The number of rotatable bonds is 8. The number of benzene rings is 1. The van der Waals surface area contributed by atoms with Crippen LogP contribution in [0, 0.1) is 0 Å². The number of aliphatic hydroxyl groups is 1. The Kier molecular flexibility index (Phi) is 8.16. The lowest BCUT2D eigenvalue weighted by molar-refractivity contribution is 0.0522. The minimum atomic E-state index is -0.554. The molecule has 1 aromatic rings. The van der Waals surface area contributed by atoms with Crippen molar-refractivity contribution in [2.24, 2.45) is 0 Å². The van der Waals surface area contributed by atoms with Gasteiger partial charge in [-0.15, -0.1) is 0 Å². The summed E-state index contributed by atoms with van der Waals surface area (Å²) < 4.78 is 15.9. The molecule has 0 saturated carbocycles. The van der Waals surface area contributed by atoms with Gasteiger partial charge < -0.3 is 24.6 Å². The molecule has 0 aliphatic heterocycles. The second-order valence-corrected chi connectivity index (χ2v) is 6.23. The Morgan fingerprint density at radius 3 is 2.65 bits per heavy atom. The fraction of sp³-hybridized carbons (Fsp3) is 0.562. The van der Waals surface area contributed by atoms with Gasteiger partial charge in [-0.2, -0.15) is 0 Å². The standard InChI is InChI=1S/C16H24ClNO5/c1-16(2,3)23-15(20)18-11-12-10-13(17)4-5-14(12)22-9-8-21-7-6-19/h4-5,10,19H,6-9,11H2,1-3H3,(H,18,20). The first-order chi connectivity index (χ1) is 10.8. The molecule has 2 N–H and O–H groups in total. The quantitative estimate of drug-likeness (QED) is 0.708. The molecule has 0 bridgehead atoms. The molecule has 1 rings (SSSR count). The number of halogens is 1. The van der Waals surface area contributed by atoms with Gasteiger partial charge in [0.05, 0.1) is 19.8 Å². The molecule has 0 spiro atoms. The lowest BCUT2D eigenvalue weighted by atomic mass is 10.2. The van der Waals surface area contributed by atoms with Crippen molar-refractivity contribution in [3.8, 4) is 5.75 Å². The highest BCUT2D eigenvalue weighted by Gasteiger charge is 2.16. The van der Waals surface area contributed by atoms with Crippen LogP contribution in [0.2, 0.25) is 5.02 Å². The average Bonchev–Trinajstić information content (AvgIpc) is 2.45. The fourth-order valence-electron chi connectivity index (χ4n) is 1.69. The van der Waals surface area contributed by atoms with E-state index in [0.29, 0.717) is 24.0 Å². The van der Waals surface area contributed by atoms with Gasteiger partial charge in [0.25, 0.3) is 0 Å². The molecule has 0 heterocycles. The Bertz CT molecular complexity index is 502. The van der Waals surface area contributed by atoms with Crippen molar-refractivity contribution >= 4 is 17.7 Å². The zero-order chi connectivity index (χ0) is 17.3. The Morgan fingerprint density at radius 2 is 2.00 bits per heavy atom. The maximum atomic E-state index is 11.7. The van der Waals surface area contributed by atoms with E-state index in [1.165, 1.54) is 0 Å². The molecule has 0 aliphatic carbocycles. The van der Waals surface area contributed by atoms with Crippen LogP contribution in [0.25, 0.3) is 0 Å². The van der Waals surface area contributed by atoms with Crippen LogP contribution < -0.4 is 10.1 Å². The number of hydrogen-bond acceptors (Lipinski definition) is 5. The van der Waals surface area contributed by atoms with Crippen molar-refractivity contribution in [2.45, 2.75) is 32.9 Å². The van der Waals surface area contributed by atoms with Crippen molar-refractivity contribution in [3.05, 3.63) is 28.8 Å². The molecular formula is C16H24ClNO5. The molecule has 0 aliphatic rings. The zero-order valence-electron chi connectivity index (χ0n) is 13.7. The SMILES string of the molecule is CC(C)(C)OC(=O)NCc1cc(Cl)ccc1OCCOCCO. The molecule has 6 nitrogen and oxygen atoms in total. The highest BCUT2D eigenvalue weighted by atomic mass is 35.5. The van der Waals surface area contributed by atoms with Gasteiger partial charge in [0, 0.05) is 17.1 Å². The highest BCUT2D eigenvalue weighted by Crippen LogP contribution is 2.23. The summed E-state index contributed by atoms with van der Waals surface area (Å²) in [7, 11) is 0. The van der Waals surface area contributed by atoms with Crippen LogP contribution in [0.15, 0.2) is 18.2 Å². The Hall–Kier alpha value is -1.50. The third-order valence-electron chi connectivity index (χ3n) is 2.57. The fourth-order valence-corrected chi connectivity index (χ4v) is 1.88. The van der Waals surface area contributed by atoms with Crippen LogP contribution in [0.3, 0.4) is 0 Å². The van der Waals surface area contributed by atoms with Crippen LogP contribution in [0.1, 0.15) is 26.3 Å². The largest absolute Gasteiger partial charge is 0.491 e. The maximum Gasteiger partial charge on any atom is 0.407 e. The first-order valence-corrected chi connectivity index (χ1v) is 7.76.